The summed E-state index contributed by atoms with van der Waals surface area (Å²) in [4.78, 5) is 0. The molecule has 0 atom stereocenters. The van der Waals surface area contributed by atoms with Crippen molar-refractivity contribution in [2.24, 2.45) is 0 Å². The Morgan fingerprint density at radius 2 is 0.556 bits per heavy atom. The van der Waals surface area contributed by atoms with Gasteiger partial charge in [0, 0.05) is 0 Å². The van der Waals surface area contributed by atoms with Gasteiger partial charge in [-0.3, -0.25) is 0 Å². The number of benzene rings is 11. The van der Waals surface area contributed by atoms with Crippen LogP contribution in [0.3, 0.4) is 0 Å². The van der Waals surface area contributed by atoms with E-state index in [-0.39, 0.29) is 0 Å². The van der Waals surface area contributed by atoms with Crippen LogP contribution in [0.4, 0.5) is 0 Å². The van der Waals surface area contributed by atoms with Crippen LogP contribution in [0, 0.1) is 0 Å². The molecule has 0 unspecified atom stereocenters. The highest BCUT2D eigenvalue weighted by Crippen LogP contribution is 2.61. The van der Waals surface area contributed by atoms with Gasteiger partial charge < -0.3 is 0 Å². The Labute approximate surface area is 312 Å². The number of hydrogen-bond acceptors (Lipinski definition) is 0. The van der Waals surface area contributed by atoms with Crippen LogP contribution in [-0.4, -0.2) is 0 Å². The lowest BCUT2D eigenvalue weighted by Crippen LogP contribution is -1.95. The molecule has 2 aliphatic rings. The summed E-state index contributed by atoms with van der Waals surface area (Å²) >= 11 is 0. The minimum absolute atomic E-state index is 1.23. The molecule has 0 radical (unpaired) electrons. The lowest BCUT2D eigenvalue weighted by Gasteiger charge is -2.22. The zero-order chi connectivity index (χ0) is 35.1. The van der Waals surface area contributed by atoms with E-state index in [1.165, 1.54) is 132 Å². The summed E-state index contributed by atoms with van der Waals surface area (Å²) in [7, 11) is 0. The van der Waals surface area contributed by atoms with Crippen LogP contribution in [0.5, 0.6) is 0 Å². The van der Waals surface area contributed by atoms with E-state index in [1.807, 2.05) is 0 Å². The van der Waals surface area contributed by atoms with Gasteiger partial charge in [0.2, 0.25) is 0 Å². The Morgan fingerprint density at radius 3 is 1.11 bits per heavy atom. The van der Waals surface area contributed by atoms with Crippen molar-refractivity contribution in [3.05, 3.63) is 182 Å². The minimum Gasteiger partial charge on any atom is -0.0622 e. The molecule has 54 heavy (non-hydrogen) atoms. The second-order valence-corrected chi connectivity index (χ2v) is 15.0. The molecule has 0 N–H and O–H groups in total. The highest BCUT2D eigenvalue weighted by atomic mass is 14.4. The smallest absolute Gasteiger partial charge is 0.000718 e. The van der Waals surface area contributed by atoms with Crippen LogP contribution in [0.25, 0.3) is 132 Å². The third-order valence-corrected chi connectivity index (χ3v) is 12.5. The van der Waals surface area contributed by atoms with E-state index in [1.54, 1.807) is 0 Å². The first kappa shape index (κ1) is 28.6. The third-order valence-electron chi connectivity index (χ3n) is 12.5. The summed E-state index contributed by atoms with van der Waals surface area (Å²) < 4.78 is 0. The van der Waals surface area contributed by atoms with Gasteiger partial charge in [-0.15, -0.1) is 0 Å². The fourth-order valence-corrected chi connectivity index (χ4v) is 10.4. The molecule has 0 heteroatoms. The first-order valence-corrected chi connectivity index (χ1v) is 18.9. The van der Waals surface area contributed by atoms with E-state index >= 15 is 0 Å². The van der Waals surface area contributed by atoms with Crippen LogP contribution in [0.2, 0.25) is 0 Å². The third kappa shape index (κ3) is 3.49. The van der Waals surface area contributed by atoms with Gasteiger partial charge >= 0.3 is 0 Å². The van der Waals surface area contributed by atoms with Crippen molar-refractivity contribution in [1.82, 2.24) is 0 Å². The molecule has 0 aliphatic heterocycles. The van der Waals surface area contributed by atoms with E-state index in [9.17, 15) is 0 Å². The van der Waals surface area contributed by atoms with E-state index in [4.69, 9.17) is 0 Å². The number of rotatable bonds is 3. The molecule has 0 saturated carbocycles. The molecule has 13 rings (SSSR count). The largest absolute Gasteiger partial charge is 0.0622 e. The van der Waals surface area contributed by atoms with Crippen LogP contribution < -0.4 is 0 Å². The molecule has 0 spiro atoms. The molecule has 0 fully saturated rings. The predicted octanol–water partition coefficient (Wildman–Crippen LogP) is 15.2. The lowest BCUT2D eigenvalue weighted by atomic mass is 9.81. The molecule has 246 valence electrons. The fourth-order valence-electron chi connectivity index (χ4n) is 10.4. The lowest BCUT2D eigenvalue weighted by molar-refractivity contribution is 1.59. The van der Waals surface area contributed by atoms with Gasteiger partial charge in [0.05, 0.1) is 0 Å². The van der Waals surface area contributed by atoms with E-state index < -0.39 is 0 Å². The molecule has 0 heterocycles. The van der Waals surface area contributed by atoms with Crippen LogP contribution in [0.15, 0.2) is 182 Å². The van der Waals surface area contributed by atoms with Gasteiger partial charge in [0.1, 0.15) is 0 Å². The maximum Gasteiger partial charge on any atom is -0.000718 e. The summed E-state index contributed by atoms with van der Waals surface area (Å²) in [5, 5.41) is 13.4. The Balaban J connectivity index is 1.21. The van der Waals surface area contributed by atoms with Crippen LogP contribution >= 0.6 is 0 Å². The predicted molar refractivity (Wildman–Crippen MR) is 230 cm³/mol. The Kier molecular flexibility index (Phi) is 5.45. The van der Waals surface area contributed by atoms with Crippen molar-refractivity contribution in [2.75, 3.05) is 0 Å². The van der Waals surface area contributed by atoms with E-state index in [0.29, 0.717) is 0 Å². The number of fused-ring (bicyclic) bond motifs is 9. The van der Waals surface area contributed by atoms with Crippen LogP contribution in [-0.2, 0) is 0 Å². The highest BCUT2D eigenvalue weighted by Gasteiger charge is 2.33. The monoisotopic (exact) mass is 678 g/mol. The topological polar surface area (TPSA) is 0 Å². The Morgan fingerprint density at radius 1 is 0.167 bits per heavy atom. The van der Waals surface area contributed by atoms with Crippen molar-refractivity contribution in [3.8, 4) is 77.9 Å². The molecule has 0 bridgehead atoms. The van der Waals surface area contributed by atoms with Crippen molar-refractivity contribution in [2.45, 2.75) is 0 Å². The molecular weight excluding hydrogens is 649 g/mol. The number of hydrogen-bond donors (Lipinski definition) is 0. The molecule has 11 aromatic rings. The van der Waals surface area contributed by atoms with Gasteiger partial charge in [-0.2, -0.15) is 0 Å². The average molecular weight is 679 g/mol. The molecule has 0 saturated heterocycles. The second-order valence-electron chi connectivity index (χ2n) is 15.0. The minimum atomic E-state index is 1.23. The van der Waals surface area contributed by atoms with Gasteiger partial charge in [0.25, 0.3) is 0 Å². The van der Waals surface area contributed by atoms with Crippen LogP contribution in [0.1, 0.15) is 0 Å². The maximum absolute atomic E-state index is 2.44. The van der Waals surface area contributed by atoms with E-state index in [2.05, 4.69) is 182 Å². The molecule has 0 aromatic heterocycles. The van der Waals surface area contributed by atoms with Gasteiger partial charge in [0.15, 0.2) is 0 Å². The zero-order valence-electron chi connectivity index (χ0n) is 29.3. The van der Waals surface area contributed by atoms with Gasteiger partial charge in [-0.25, -0.2) is 0 Å². The molecular formula is C54H30. The highest BCUT2D eigenvalue weighted by molar-refractivity contribution is 6.41. The summed E-state index contributed by atoms with van der Waals surface area (Å²) in [6.07, 6.45) is 0. The maximum atomic E-state index is 2.44. The van der Waals surface area contributed by atoms with E-state index in [0.717, 1.165) is 0 Å². The normalized spacial score (nSPS) is 12.4. The molecule has 2 aliphatic carbocycles. The van der Waals surface area contributed by atoms with Crippen molar-refractivity contribution >= 4 is 53.9 Å². The Hall–Kier alpha value is -7.02. The first-order chi connectivity index (χ1) is 26.8. The quantitative estimate of drug-likeness (QED) is 0.129. The van der Waals surface area contributed by atoms with Crippen molar-refractivity contribution in [3.63, 3.8) is 0 Å². The summed E-state index contributed by atoms with van der Waals surface area (Å²) in [6, 6.07) is 68.2. The molecule has 0 amide bonds. The molecule has 0 nitrogen and oxygen atoms in total. The SMILES string of the molecule is c1ccc(-c2ccccc2-c2c3c(c(-c4ccccc4)c4ccccc24)-c2ccc4c5ccc6c7c(ccc(c8ccc-3c2c48)c75)-c2ccccc2-6)cc1. The van der Waals surface area contributed by atoms with Gasteiger partial charge in [-0.05, 0) is 132 Å². The molecule has 11 aromatic carbocycles. The standard InChI is InChI=1S/C54H30/c1-3-13-31(14-4-1)33-17-7-10-20-36(33)51-38-22-12-11-21-37(38)47(32-15-5-2-6-16-32)53-45-29-27-43-41-25-23-39-34-18-8-9-19-35(34)40-24-26-42(49(41)48(39)40)44-28-30-46(54(51)53)52(45)50(43)44/h1-30H. The van der Waals surface area contributed by atoms with Crippen molar-refractivity contribution in [1.29, 1.82) is 0 Å². The summed E-state index contributed by atoms with van der Waals surface area (Å²) in [6.45, 7) is 0. The average Bonchev–Trinajstić information content (AvgIpc) is 3.76. The first-order valence-electron chi connectivity index (χ1n) is 18.9. The Bertz CT molecular complexity index is 3330. The summed E-state index contributed by atoms with van der Waals surface area (Å²) in [5.41, 5.74) is 18.3. The zero-order valence-corrected chi connectivity index (χ0v) is 29.3. The van der Waals surface area contributed by atoms with Crippen molar-refractivity contribution < 1.29 is 0 Å². The van der Waals surface area contributed by atoms with Gasteiger partial charge in [-0.1, -0.05) is 182 Å². The fraction of sp³-hybridized carbons (Fsp3) is 0. The second kappa shape index (κ2) is 10.3. The summed E-state index contributed by atoms with van der Waals surface area (Å²) in [5.74, 6) is 0.